The number of para-hydroxylation sites is 2. The van der Waals surface area contributed by atoms with E-state index in [2.05, 4.69) is 4.98 Å². The average Bonchev–Trinajstić information content (AvgIpc) is 2.81. The van der Waals surface area contributed by atoms with E-state index in [0.29, 0.717) is 15.8 Å². The zero-order valence-corrected chi connectivity index (χ0v) is 11.2. The molecule has 1 heterocycles. The number of oxazole rings is 1. The largest absolute Gasteiger partial charge is 0.431 e. The summed E-state index contributed by atoms with van der Waals surface area (Å²) in [5.41, 5.74) is 2.04. The Hall–Kier alpha value is -1.96. The Bertz CT molecular complexity index is 758. The molecule has 0 bridgehead atoms. The van der Waals surface area contributed by atoms with Crippen LogP contribution in [0.2, 0.25) is 5.02 Å². The van der Waals surface area contributed by atoms with Crippen molar-refractivity contribution in [2.75, 3.05) is 0 Å². The van der Waals surface area contributed by atoms with E-state index in [4.69, 9.17) is 21.3 Å². The van der Waals surface area contributed by atoms with Gasteiger partial charge in [0, 0.05) is 4.90 Å². The van der Waals surface area contributed by atoms with Gasteiger partial charge >= 0.3 is 0 Å². The second kappa shape index (κ2) is 4.96. The fourth-order valence-corrected chi connectivity index (χ4v) is 2.72. The predicted molar refractivity (Wildman–Crippen MR) is 74.3 cm³/mol. The number of halogens is 1. The molecule has 0 aliphatic rings. The Kier molecular flexibility index (Phi) is 3.16. The van der Waals surface area contributed by atoms with E-state index in [1.165, 1.54) is 11.8 Å². The van der Waals surface area contributed by atoms with Crippen LogP contribution in [-0.4, -0.2) is 4.98 Å². The normalized spacial score (nSPS) is 10.5. The van der Waals surface area contributed by atoms with Gasteiger partial charge in [0.1, 0.15) is 11.6 Å². The molecule has 92 valence electrons. The van der Waals surface area contributed by atoms with Crippen molar-refractivity contribution in [3.63, 3.8) is 0 Å². The molecule has 0 fully saturated rings. The molecule has 19 heavy (non-hydrogen) atoms. The summed E-state index contributed by atoms with van der Waals surface area (Å²) in [4.78, 5) is 5.25. The van der Waals surface area contributed by atoms with Gasteiger partial charge in [-0.15, -0.1) is 0 Å². The Labute approximate surface area is 118 Å². The highest BCUT2D eigenvalue weighted by molar-refractivity contribution is 7.99. The summed E-state index contributed by atoms with van der Waals surface area (Å²) in [6.07, 6.45) is 0. The van der Waals surface area contributed by atoms with E-state index < -0.39 is 0 Å². The van der Waals surface area contributed by atoms with Crippen molar-refractivity contribution in [3.05, 3.63) is 53.1 Å². The van der Waals surface area contributed by atoms with Crippen molar-refractivity contribution in [2.45, 2.75) is 10.1 Å². The number of rotatable bonds is 2. The molecule has 5 heteroatoms. The first-order chi connectivity index (χ1) is 9.26. The number of fused-ring (bicyclic) bond motifs is 1. The zero-order valence-electron chi connectivity index (χ0n) is 9.63. The third-order valence-electron chi connectivity index (χ3n) is 2.54. The van der Waals surface area contributed by atoms with Crippen LogP contribution in [0.15, 0.2) is 57.0 Å². The van der Waals surface area contributed by atoms with Crippen molar-refractivity contribution < 1.29 is 4.42 Å². The summed E-state index contributed by atoms with van der Waals surface area (Å²) >= 11 is 7.36. The first-order valence-electron chi connectivity index (χ1n) is 5.49. The van der Waals surface area contributed by atoms with Crippen LogP contribution in [0.5, 0.6) is 0 Å². The summed E-state index contributed by atoms with van der Waals surface area (Å²) in [6.45, 7) is 0. The topological polar surface area (TPSA) is 49.8 Å². The number of nitriles is 1. The summed E-state index contributed by atoms with van der Waals surface area (Å²) in [5.74, 6) is 0. The monoisotopic (exact) mass is 286 g/mol. The van der Waals surface area contributed by atoms with Gasteiger partial charge in [0.2, 0.25) is 0 Å². The second-order valence-electron chi connectivity index (χ2n) is 3.80. The lowest BCUT2D eigenvalue weighted by molar-refractivity contribution is 0.489. The van der Waals surface area contributed by atoms with E-state index in [-0.39, 0.29) is 0 Å². The maximum Gasteiger partial charge on any atom is 0.261 e. The second-order valence-corrected chi connectivity index (χ2v) is 5.23. The lowest BCUT2D eigenvalue weighted by Crippen LogP contribution is -1.78. The Balaban J connectivity index is 1.92. The smallest absolute Gasteiger partial charge is 0.261 e. The molecule has 0 unspecified atom stereocenters. The van der Waals surface area contributed by atoms with Crippen molar-refractivity contribution >= 4 is 34.5 Å². The molecule has 0 saturated carbocycles. The highest BCUT2D eigenvalue weighted by atomic mass is 35.5. The zero-order chi connectivity index (χ0) is 13.2. The van der Waals surface area contributed by atoms with Crippen LogP contribution in [0.1, 0.15) is 5.56 Å². The predicted octanol–water partition coefficient (Wildman–Crippen LogP) is 4.50. The van der Waals surface area contributed by atoms with Crippen LogP contribution >= 0.6 is 23.4 Å². The minimum absolute atomic E-state index is 0.434. The number of nitrogens with zero attached hydrogens (tertiary/aromatic N) is 2. The molecule has 3 nitrogen and oxygen atoms in total. The van der Waals surface area contributed by atoms with Crippen molar-refractivity contribution in [2.24, 2.45) is 0 Å². The van der Waals surface area contributed by atoms with Crippen molar-refractivity contribution in [3.8, 4) is 6.07 Å². The molecular formula is C14H7ClN2OS. The highest BCUT2D eigenvalue weighted by Gasteiger charge is 2.08. The molecule has 3 rings (SSSR count). The fraction of sp³-hybridized carbons (Fsp3) is 0. The molecule has 1 aromatic heterocycles. The molecule has 0 aliphatic carbocycles. The molecule has 3 aromatic rings. The first-order valence-corrected chi connectivity index (χ1v) is 6.69. The minimum atomic E-state index is 0.434. The van der Waals surface area contributed by atoms with Gasteiger partial charge in [-0.25, -0.2) is 4.98 Å². The Morgan fingerprint density at radius 3 is 2.79 bits per heavy atom. The van der Waals surface area contributed by atoms with Gasteiger partial charge in [-0.1, -0.05) is 23.7 Å². The summed E-state index contributed by atoms with van der Waals surface area (Å²) < 4.78 is 5.61. The van der Waals surface area contributed by atoms with Crippen LogP contribution in [-0.2, 0) is 0 Å². The van der Waals surface area contributed by atoms with Crippen LogP contribution < -0.4 is 0 Å². The highest BCUT2D eigenvalue weighted by Crippen LogP contribution is 2.32. The molecule has 0 N–H and O–H groups in total. The van der Waals surface area contributed by atoms with Crippen LogP contribution in [0.4, 0.5) is 0 Å². The molecule has 0 amide bonds. The minimum Gasteiger partial charge on any atom is -0.431 e. The molecule has 2 aromatic carbocycles. The molecule has 0 atom stereocenters. The Morgan fingerprint density at radius 2 is 2.05 bits per heavy atom. The van der Waals surface area contributed by atoms with Crippen LogP contribution in [0.3, 0.4) is 0 Å². The van der Waals surface area contributed by atoms with Gasteiger partial charge in [-0.2, -0.15) is 5.26 Å². The third kappa shape index (κ3) is 2.43. The fourth-order valence-electron chi connectivity index (χ4n) is 1.65. The standard InChI is InChI=1S/C14H7ClN2OS/c15-11-7-10(6-5-9(11)8-16)19-14-17-12-3-1-2-4-13(12)18-14/h1-7H. The number of hydrogen-bond acceptors (Lipinski definition) is 4. The lowest BCUT2D eigenvalue weighted by atomic mass is 10.2. The van der Waals surface area contributed by atoms with E-state index in [0.717, 1.165) is 16.0 Å². The summed E-state index contributed by atoms with van der Waals surface area (Å²) in [6, 6.07) is 14.9. The molecule has 0 radical (unpaired) electrons. The summed E-state index contributed by atoms with van der Waals surface area (Å²) in [7, 11) is 0. The van der Waals surface area contributed by atoms with Gasteiger partial charge in [0.25, 0.3) is 5.22 Å². The SMILES string of the molecule is N#Cc1ccc(Sc2nc3ccccc3o2)cc1Cl. The molecular weight excluding hydrogens is 280 g/mol. The van der Waals surface area contributed by atoms with E-state index in [1.54, 1.807) is 12.1 Å². The average molecular weight is 287 g/mol. The van der Waals surface area contributed by atoms with Gasteiger partial charge in [-0.3, -0.25) is 0 Å². The summed E-state index contributed by atoms with van der Waals surface area (Å²) in [5, 5.41) is 9.81. The van der Waals surface area contributed by atoms with Crippen molar-refractivity contribution in [1.29, 1.82) is 5.26 Å². The quantitative estimate of drug-likeness (QED) is 0.696. The van der Waals surface area contributed by atoms with Gasteiger partial charge in [0.05, 0.1) is 10.6 Å². The van der Waals surface area contributed by atoms with E-state index >= 15 is 0 Å². The van der Waals surface area contributed by atoms with Crippen LogP contribution in [0.25, 0.3) is 11.1 Å². The number of benzene rings is 2. The van der Waals surface area contributed by atoms with Gasteiger partial charge in [-0.05, 0) is 42.1 Å². The Morgan fingerprint density at radius 1 is 1.21 bits per heavy atom. The van der Waals surface area contributed by atoms with E-state index in [9.17, 15) is 0 Å². The third-order valence-corrected chi connectivity index (χ3v) is 3.69. The molecule has 0 saturated heterocycles. The first kappa shape index (κ1) is 12.1. The molecule has 0 spiro atoms. The van der Waals surface area contributed by atoms with Crippen molar-refractivity contribution in [1.82, 2.24) is 4.98 Å². The van der Waals surface area contributed by atoms with E-state index in [1.807, 2.05) is 36.4 Å². The number of hydrogen-bond donors (Lipinski definition) is 0. The number of aromatic nitrogens is 1. The van der Waals surface area contributed by atoms with Gasteiger partial charge in [0.15, 0.2) is 5.58 Å². The van der Waals surface area contributed by atoms with Gasteiger partial charge < -0.3 is 4.42 Å². The lowest BCUT2D eigenvalue weighted by Gasteiger charge is -1.99. The maximum atomic E-state index is 8.82. The van der Waals surface area contributed by atoms with Crippen LogP contribution in [0, 0.1) is 11.3 Å². The molecule has 0 aliphatic heterocycles. The maximum absolute atomic E-state index is 8.82.